The van der Waals surface area contributed by atoms with Crippen LogP contribution < -0.4 is 10.1 Å². The molecule has 0 aliphatic carbocycles. The van der Waals surface area contributed by atoms with E-state index in [1.165, 1.54) is 30.5 Å². The van der Waals surface area contributed by atoms with Crippen LogP contribution in [0.2, 0.25) is 10.2 Å². The molecule has 1 heterocycles. The van der Waals surface area contributed by atoms with Crippen LogP contribution in [-0.2, 0) is 14.8 Å². The van der Waals surface area contributed by atoms with Crippen LogP contribution in [0.5, 0.6) is 0 Å². The molecule has 0 saturated heterocycles. The van der Waals surface area contributed by atoms with Gasteiger partial charge in [0, 0.05) is 16.0 Å². The third-order valence-electron chi connectivity index (χ3n) is 3.89. The number of carbonyl (C=O) groups excluding carboxylic acids is 1. The van der Waals surface area contributed by atoms with E-state index >= 15 is 0 Å². The minimum Gasteiger partial charge on any atom is -0.272 e. The topological polar surface area (TPSA) is 101 Å². The van der Waals surface area contributed by atoms with E-state index in [1.807, 2.05) is 25.1 Å². The first kappa shape index (κ1) is 21.2. The molecule has 29 heavy (non-hydrogen) atoms. The first-order valence-corrected chi connectivity index (χ1v) is 10.6. The monoisotopic (exact) mass is 450 g/mol. The van der Waals surface area contributed by atoms with Gasteiger partial charge in [-0.2, -0.15) is 5.10 Å². The average Bonchev–Trinajstić information content (AvgIpc) is 2.67. The number of halogens is 2. The van der Waals surface area contributed by atoms with E-state index in [9.17, 15) is 13.2 Å². The van der Waals surface area contributed by atoms with Crippen molar-refractivity contribution in [2.24, 2.45) is 5.10 Å². The Morgan fingerprint density at radius 2 is 1.86 bits per heavy atom. The van der Waals surface area contributed by atoms with Crippen molar-refractivity contribution in [1.29, 1.82) is 0 Å². The molecule has 0 bridgehead atoms. The molecular weight excluding hydrogens is 435 g/mol. The minimum absolute atomic E-state index is 0.00228. The number of pyridine rings is 1. The Bertz CT molecular complexity index is 1200. The Morgan fingerprint density at radius 1 is 1.14 bits per heavy atom. The van der Waals surface area contributed by atoms with Crippen molar-refractivity contribution >= 4 is 56.2 Å². The highest BCUT2D eigenvalue weighted by atomic mass is 35.5. The summed E-state index contributed by atoms with van der Waals surface area (Å²) in [5, 5.41) is 5.34. The van der Waals surface area contributed by atoms with Crippen LogP contribution in [0.4, 0.5) is 0 Å². The Morgan fingerprint density at radius 3 is 2.59 bits per heavy atom. The summed E-state index contributed by atoms with van der Waals surface area (Å²) < 4.78 is 26.5. The van der Waals surface area contributed by atoms with Gasteiger partial charge in [-0.1, -0.05) is 35.3 Å². The molecule has 0 fully saturated rings. The first-order chi connectivity index (χ1) is 13.7. The van der Waals surface area contributed by atoms with Gasteiger partial charge in [0.15, 0.2) is 0 Å². The van der Waals surface area contributed by atoms with Crippen molar-refractivity contribution in [3.05, 3.63) is 69.8 Å². The number of amides is 1. The van der Waals surface area contributed by atoms with Gasteiger partial charge in [0.25, 0.3) is 5.91 Å². The summed E-state index contributed by atoms with van der Waals surface area (Å²) in [5.74, 6) is -0.640. The Kier molecular flexibility index (Phi) is 6.49. The number of carbonyl (C=O) groups is 1. The molecule has 2 aromatic carbocycles. The number of rotatable bonds is 6. The second-order valence-corrected chi connectivity index (χ2v) is 8.70. The molecule has 0 spiro atoms. The summed E-state index contributed by atoms with van der Waals surface area (Å²) in [7, 11) is -3.84. The van der Waals surface area contributed by atoms with Crippen LogP contribution in [0, 0.1) is 6.92 Å². The van der Waals surface area contributed by atoms with Gasteiger partial charge < -0.3 is 0 Å². The predicted octanol–water partition coefficient (Wildman–Crippen LogP) is 3.28. The SMILES string of the molecule is Cc1ccc2cc(C=NNC(=O)CNS(=O)(=O)c3ccc(Cl)cc3)c(Cl)nc2c1. The Hall–Kier alpha value is -2.52. The highest BCUT2D eigenvalue weighted by Gasteiger charge is 2.15. The third-order valence-corrected chi connectivity index (χ3v) is 5.87. The number of sulfonamides is 1. The highest BCUT2D eigenvalue weighted by Crippen LogP contribution is 2.20. The zero-order valence-electron chi connectivity index (χ0n) is 15.2. The van der Waals surface area contributed by atoms with Crippen LogP contribution in [0.3, 0.4) is 0 Å². The van der Waals surface area contributed by atoms with Crippen molar-refractivity contribution in [3.8, 4) is 0 Å². The first-order valence-electron chi connectivity index (χ1n) is 8.39. The molecule has 0 unspecified atom stereocenters. The Labute approximate surface area is 177 Å². The number of nitrogens with one attached hydrogen (secondary N) is 2. The fourth-order valence-electron chi connectivity index (χ4n) is 2.43. The molecule has 0 radical (unpaired) electrons. The van der Waals surface area contributed by atoms with Crippen LogP contribution in [0.1, 0.15) is 11.1 Å². The van der Waals surface area contributed by atoms with Gasteiger partial charge >= 0.3 is 0 Å². The highest BCUT2D eigenvalue weighted by molar-refractivity contribution is 7.89. The molecule has 0 aliphatic rings. The van der Waals surface area contributed by atoms with Crippen molar-refractivity contribution in [2.75, 3.05) is 6.54 Å². The van der Waals surface area contributed by atoms with Crippen LogP contribution >= 0.6 is 23.2 Å². The second-order valence-electron chi connectivity index (χ2n) is 6.14. The lowest BCUT2D eigenvalue weighted by molar-refractivity contribution is -0.119. The summed E-state index contributed by atoms with van der Waals surface area (Å²) in [6.45, 7) is 1.48. The molecular formula is C19H16Cl2N4O3S. The zero-order valence-corrected chi connectivity index (χ0v) is 17.5. The van der Waals surface area contributed by atoms with E-state index in [4.69, 9.17) is 23.2 Å². The standard InChI is InChI=1S/C19H16Cl2N4O3S/c1-12-2-3-13-9-14(19(21)24-17(13)8-12)10-22-25-18(26)11-23-29(27,28)16-6-4-15(20)5-7-16/h2-10,23H,11H2,1H3,(H,25,26). The van der Waals surface area contributed by atoms with E-state index in [2.05, 4.69) is 20.2 Å². The van der Waals surface area contributed by atoms with Gasteiger partial charge in [0.1, 0.15) is 5.15 Å². The van der Waals surface area contributed by atoms with Gasteiger partial charge in [-0.15, -0.1) is 0 Å². The lowest BCUT2D eigenvalue weighted by Crippen LogP contribution is -2.34. The van der Waals surface area contributed by atoms with Gasteiger partial charge in [0.05, 0.1) is 23.2 Å². The summed E-state index contributed by atoms with van der Waals surface area (Å²) in [6, 6.07) is 13.2. The molecule has 10 heteroatoms. The fraction of sp³-hybridized carbons (Fsp3) is 0.105. The average molecular weight is 451 g/mol. The molecule has 1 aromatic heterocycles. The number of fused-ring (bicyclic) bond motifs is 1. The largest absolute Gasteiger partial charge is 0.272 e. The maximum atomic E-state index is 12.1. The smallest absolute Gasteiger partial charge is 0.255 e. The number of hydrazone groups is 1. The molecule has 0 aliphatic heterocycles. The Balaban J connectivity index is 1.61. The van der Waals surface area contributed by atoms with Crippen molar-refractivity contribution < 1.29 is 13.2 Å². The lowest BCUT2D eigenvalue weighted by atomic mass is 10.1. The maximum absolute atomic E-state index is 12.1. The molecule has 150 valence electrons. The van der Waals surface area contributed by atoms with E-state index in [-0.39, 0.29) is 10.0 Å². The van der Waals surface area contributed by atoms with Gasteiger partial charge in [-0.05, 0) is 48.9 Å². The van der Waals surface area contributed by atoms with Gasteiger partial charge in [-0.3, -0.25) is 4.79 Å². The molecule has 1 amide bonds. The normalized spacial score (nSPS) is 11.8. The zero-order chi connectivity index (χ0) is 21.0. The molecule has 7 nitrogen and oxygen atoms in total. The summed E-state index contributed by atoms with van der Waals surface area (Å²) in [4.78, 5) is 16.2. The summed E-state index contributed by atoms with van der Waals surface area (Å²) in [6.07, 6.45) is 1.35. The number of aryl methyl sites for hydroxylation is 1. The number of hydrogen-bond donors (Lipinski definition) is 2. The van der Waals surface area contributed by atoms with E-state index in [0.29, 0.717) is 10.6 Å². The maximum Gasteiger partial charge on any atom is 0.255 e. The van der Waals surface area contributed by atoms with Crippen molar-refractivity contribution in [1.82, 2.24) is 15.1 Å². The molecule has 3 rings (SSSR count). The lowest BCUT2D eigenvalue weighted by Gasteiger charge is -2.06. The van der Waals surface area contributed by atoms with E-state index in [0.717, 1.165) is 16.5 Å². The number of aromatic nitrogens is 1. The summed E-state index contributed by atoms with van der Waals surface area (Å²) in [5.41, 5.74) is 4.59. The molecule has 0 atom stereocenters. The fourth-order valence-corrected chi connectivity index (χ4v) is 3.73. The molecule has 2 N–H and O–H groups in total. The van der Waals surface area contributed by atoms with Crippen LogP contribution in [0.15, 0.2) is 58.5 Å². The van der Waals surface area contributed by atoms with E-state index < -0.39 is 22.5 Å². The van der Waals surface area contributed by atoms with Crippen LogP contribution in [-0.4, -0.2) is 32.1 Å². The number of benzene rings is 2. The summed E-state index contributed by atoms with van der Waals surface area (Å²) >= 11 is 11.9. The molecule has 3 aromatic rings. The minimum atomic E-state index is -3.84. The quantitative estimate of drug-likeness (QED) is 0.341. The van der Waals surface area contributed by atoms with Gasteiger partial charge in [-0.25, -0.2) is 23.5 Å². The van der Waals surface area contributed by atoms with Crippen LogP contribution in [0.25, 0.3) is 10.9 Å². The van der Waals surface area contributed by atoms with Gasteiger partial charge in [0.2, 0.25) is 10.0 Å². The number of nitrogens with zero attached hydrogens (tertiary/aromatic N) is 2. The van der Waals surface area contributed by atoms with E-state index in [1.54, 1.807) is 6.07 Å². The molecule has 0 saturated carbocycles. The third kappa shape index (κ3) is 5.51. The second kappa shape index (κ2) is 8.87. The van der Waals surface area contributed by atoms with Crippen molar-refractivity contribution in [2.45, 2.75) is 11.8 Å². The number of hydrogen-bond acceptors (Lipinski definition) is 5. The van der Waals surface area contributed by atoms with Crippen molar-refractivity contribution in [3.63, 3.8) is 0 Å². The predicted molar refractivity (Wildman–Crippen MR) is 114 cm³/mol.